The van der Waals surface area contributed by atoms with Crippen LogP contribution in [0.5, 0.6) is 0 Å². The van der Waals surface area contributed by atoms with Gasteiger partial charge in [-0.15, -0.1) is 0 Å². The number of hydrogen-bond acceptors (Lipinski definition) is 1. The van der Waals surface area contributed by atoms with Crippen LogP contribution in [-0.2, 0) is 6.42 Å². The molecule has 0 bridgehead atoms. The van der Waals surface area contributed by atoms with Crippen LogP contribution in [0.4, 0.5) is 0 Å². The summed E-state index contributed by atoms with van der Waals surface area (Å²) in [5, 5.41) is 2.06. The number of pyridine rings is 1. The Morgan fingerprint density at radius 1 is 1.36 bits per heavy atom. The van der Waals surface area contributed by atoms with Crippen LogP contribution in [0.25, 0.3) is 10.8 Å². The van der Waals surface area contributed by atoms with Gasteiger partial charge in [0.1, 0.15) is 0 Å². The molecular weight excluding hydrogens is 198 g/mol. The number of fused-ring (bicyclic) bond motifs is 1. The van der Waals surface area contributed by atoms with Crippen molar-refractivity contribution in [2.75, 3.05) is 0 Å². The van der Waals surface area contributed by atoms with Crippen molar-refractivity contribution in [1.29, 1.82) is 0 Å². The van der Waals surface area contributed by atoms with Crippen LogP contribution in [0.2, 0.25) is 5.02 Å². The molecule has 1 aromatic heterocycles. The molecule has 2 aromatic rings. The zero-order valence-corrected chi connectivity index (χ0v) is 8.56. The zero-order valence-electron chi connectivity index (χ0n) is 7.80. The summed E-state index contributed by atoms with van der Waals surface area (Å²) >= 11 is 5.95. The van der Waals surface area contributed by atoms with Crippen LogP contribution >= 0.6 is 11.6 Å². The molecule has 0 amide bonds. The highest BCUT2D eigenvalue weighted by Gasteiger charge is 2.02. The normalized spacial score (nSPS) is 10.7. The van der Waals surface area contributed by atoms with Gasteiger partial charge in [-0.25, -0.2) is 0 Å². The fourth-order valence-corrected chi connectivity index (χ4v) is 1.71. The van der Waals surface area contributed by atoms with Crippen molar-refractivity contribution in [3.63, 3.8) is 0 Å². The molecule has 0 aliphatic heterocycles. The third kappa shape index (κ3) is 1.42. The van der Waals surface area contributed by atoms with Crippen LogP contribution in [-0.4, -0.2) is 4.98 Å². The number of H-pyrrole nitrogens is 1. The fourth-order valence-electron chi connectivity index (χ4n) is 1.49. The van der Waals surface area contributed by atoms with E-state index in [9.17, 15) is 4.79 Å². The number of benzene rings is 1. The molecular formula is C11H10ClNO. The second-order valence-electron chi connectivity index (χ2n) is 3.20. The first kappa shape index (κ1) is 9.28. The maximum absolute atomic E-state index is 11.5. The summed E-state index contributed by atoms with van der Waals surface area (Å²) in [7, 11) is 0. The van der Waals surface area contributed by atoms with Crippen LogP contribution < -0.4 is 5.56 Å². The largest absolute Gasteiger partial charge is 0.327 e. The van der Waals surface area contributed by atoms with E-state index in [4.69, 9.17) is 11.6 Å². The minimum atomic E-state index is -0.0836. The maximum atomic E-state index is 11.5. The molecule has 0 radical (unpaired) electrons. The topological polar surface area (TPSA) is 32.9 Å². The summed E-state index contributed by atoms with van der Waals surface area (Å²) in [5.74, 6) is 0. The second kappa shape index (κ2) is 3.46. The van der Waals surface area contributed by atoms with Crippen LogP contribution in [0, 0.1) is 0 Å². The van der Waals surface area contributed by atoms with Crippen molar-refractivity contribution in [1.82, 2.24) is 4.98 Å². The minimum absolute atomic E-state index is 0.0836. The van der Waals surface area contributed by atoms with Gasteiger partial charge in [0.05, 0.1) is 5.02 Å². The monoisotopic (exact) mass is 207 g/mol. The molecule has 2 nitrogen and oxygen atoms in total. The third-order valence-corrected chi connectivity index (χ3v) is 2.64. The first-order chi connectivity index (χ1) is 6.72. The maximum Gasteiger partial charge on any atom is 0.255 e. The average Bonchev–Trinajstić information content (AvgIpc) is 2.23. The summed E-state index contributed by atoms with van der Waals surface area (Å²) < 4.78 is 0. The SMILES string of the molecule is CCc1ccc2c(Cl)c[nH]c(=O)c2c1. The van der Waals surface area contributed by atoms with Gasteiger partial charge >= 0.3 is 0 Å². The van der Waals surface area contributed by atoms with Crippen molar-refractivity contribution < 1.29 is 0 Å². The van der Waals surface area contributed by atoms with Crippen molar-refractivity contribution in [2.24, 2.45) is 0 Å². The molecule has 0 atom stereocenters. The summed E-state index contributed by atoms with van der Waals surface area (Å²) in [5.41, 5.74) is 1.06. The lowest BCUT2D eigenvalue weighted by Gasteiger charge is -2.01. The minimum Gasteiger partial charge on any atom is -0.327 e. The smallest absolute Gasteiger partial charge is 0.255 e. The van der Waals surface area contributed by atoms with Gasteiger partial charge in [0.15, 0.2) is 0 Å². The van der Waals surface area contributed by atoms with E-state index in [2.05, 4.69) is 11.9 Å². The van der Waals surface area contributed by atoms with E-state index >= 15 is 0 Å². The van der Waals surface area contributed by atoms with Gasteiger partial charge in [0.25, 0.3) is 5.56 Å². The number of aryl methyl sites for hydroxylation is 1. The number of aromatic amines is 1. The molecule has 1 aromatic carbocycles. The average molecular weight is 208 g/mol. The molecule has 3 heteroatoms. The van der Waals surface area contributed by atoms with Crippen LogP contribution in [0.3, 0.4) is 0 Å². The Morgan fingerprint density at radius 2 is 2.14 bits per heavy atom. The lowest BCUT2D eigenvalue weighted by Crippen LogP contribution is -2.05. The first-order valence-corrected chi connectivity index (χ1v) is 4.90. The van der Waals surface area contributed by atoms with Gasteiger partial charge in [-0.3, -0.25) is 4.79 Å². The van der Waals surface area contributed by atoms with E-state index in [0.717, 1.165) is 17.4 Å². The molecule has 0 saturated heterocycles. The Bertz CT molecular complexity index is 530. The lowest BCUT2D eigenvalue weighted by atomic mass is 10.1. The van der Waals surface area contributed by atoms with Gasteiger partial charge in [0, 0.05) is 17.0 Å². The highest BCUT2D eigenvalue weighted by Crippen LogP contribution is 2.20. The summed E-state index contributed by atoms with van der Waals surface area (Å²) in [6.45, 7) is 2.06. The van der Waals surface area contributed by atoms with Gasteiger partial charge in [-0.05, 0) is 18.1 Å². The van der Waals surface area contributed by atoms with Crippen LogP contribution in [0.15, 0.2) is 29.2 Å². The van der Waals surface area contributed by atoms with E-state index in [1.807, 2.05) is 18.2 Å². The van der Waals surface area contributed by atoms with Gasteiger partial charge in [0.2, 0.25) is 0 Å². The van der Waals surface area contributed by atoms with E-state index in [1.165, 1.54) is 6.20 Å². The predicted octanol–water partition coefficient (Wildman–Crippen LogP) is 2.74. The highest BCUT2D eigenvalue weighted by molar-refractivity contribution is 6.35. The number of aromatic nitrogens is 1. The molecule has 1 heterocycles. The van der Waals surface area contributed by atoms with E-state index < -0.39 is 0 Å². The van der Waals surface area contributed by atoms with Gasteiger partial charge in [-0.2, -0.15) is 0 Å². The molecule has 0 aliphatic carbocycles. The molecule has 0 aliphatic rings. The van der Waals surface area contributed by atoms with Crippen molar-refractivity contribution in [3.8, 4) is 0 Å². The Balaban J connectivity index is 2.87. The van der Waals surface area contributed by atoms with E-state index in [-0.39, 0.29) is 5.56 Å². The molecule has 0 saturated carbocycles. The molecule has 0 spiro atoms. The Morgan fingerprint density at radius 3 is 2.86 bits per heavy atom. The summed E-state index contributed by atoms with van der Waals surface area (Å²) in [6, 6.07) is 5.78. The fraction of sp³-hybridized carbons (Fsp3) is 0.182. The van der Waals surface area contributed by atoms with Crippen molar-refractivity contribution in [2.45, 2.75) is 13.3 Å². The summed E-state index contributed by atoms with van der Waals surface area (Å²) in [6.07, 6.45) is 2.44. The first-order valence-electron chi connectivity index (χ1n) is 4.52. The predicted molar refractivity (Wildman–Crippen MR) is 59.0 cm³/mol. The molecule has 14 heavy (non-hydrogen) atoms. The number of hydrogen-bond donors (Lipinski definition) is 1. The molecule has 1 N–H and O–H groups in total. The quantitative estimate of drug-likeness (QED) is 0.767. The Labute approximate surface area is 86.5 Å². The third-order valence-electron chi connectivity index (χ3n) is 2.32. The highest BCUT2D eigenvalue weighted by atomic mass is 35.5. The standard InChI is InChI=1S/C11H10ClNO/c1-2-7-3-4-8-9(5-7)11(14)13-6-10(8)12/h3-6H,2H2,1H3,(H,13,14). The van der Waals surface area contributed by atoms with Gasteiger partial charge < -0.3 is 4.98 Å². The Hall–Kier alpha value is -1.28. The number of nitrogens with one attached hydrogen (secondary N) is 1. The van der Waals surface area contributed by atoms with E-state index in [1.54, 1.807) is 0 Å². The zero-order chi connectivity index (χ0) is 10.1. The molecule has 0 fully saturated rings. The summed E-state index contributed by atoms with van der Waals surface area (Å²) in [4.78, 5) is 14.1. The van der Waals surface area contributed by atoms with Crippen LogP contribution in [0.1, 0.15) is 12.5 Å². The van der Waals surface area contributed by atoms with E-state index in [0.29, 0.717) is 10.4 Å². The lowest BCUT2D eigenvalue weighted by molar-refractivity contribution is 1.14. The number of rotatable bonds is 1. The van der Waals surface area contributed by atoms with Crippen molar-refractivity contribution in [3.05, 3.63) is 45.3 Å². The molecule has 0 unspecified atom stereocenters. The second-order valence-corrected chi connectivity index (χ2v) is 3.61. The Kier molecular flexibility index (Phi) is 2.30. The van der Waals surface area contributed by atoms with Gasteiger partial charge in [-0.1, -0.05) is 30.7 Å². The molecule has 2 rings (SSSR count). The molecule has 72 valence electrons. The number of halogens is 1. The van der Waals surface area contributed by atoms with Crippen molar-refractivity contribution >= 4 is 22.4 Å².